The molecule has 4 N–H and O–H groups in total. The number of guanidine groups is 1. The van der Waals surface area contributed by atoms with Crippen molar-refractivity contribution in [3.63, 3.8) is 0 Å². The van der Waals surface area contributed by atoms with Crippen LogP contribution in [0.2, 0.25) is 0 Å². The van der Waals surface area contributed by atoms with Gasteiger partial charge in [-0.15, -0.1) is 0 Å². The number of amides is 1. The number of rotatable bonds is 7. The molecule has 2 aromatic carbocycles. The molecule has 6 nitrogen and oxygen atoms in total. The average Bonchev–Trinajstić information content (AvgIpc) is 2.63. The molecule has 138 valence electrons. The second-order valence-corrected chi connectivity index (χ2v) is 5.42. The average molecular weight is 362 g/mol. The highest BCUT2D eigenvalue weighted by atomic mass is 19.1. The molecule has 0 bridgehead atoms. The number of primary amides is 1. The minimum atomic E-state index is -0.553. The Morgan fingerprint density at radius 1 is 1.15 bits per heavy atom. The maximum atomic E-state index is 13.6. The molecule has 26 heavy (non-hydrogen) atoms. The van der Waals surface area contributed by atoms with Gasteiger partial charge in [0, 0.05) is 25.7 Å². The van der Waals surface area contributed by atoms with Crippen molar-refractivity contribution in [1.29, 1.82) is 0 Å². The molecule has 2 aromatic rings. The fourth-order valence-electron chi connectivity index (χ4n) is 2.16. The molecular weight excluding hydrogens is 342 g/mol. The van der Waals surface area contributed by atoms with Crippen LogP contribution in [0.25, 0.3) is 0 Å². The number of nitrogens with two attached hydrogens (primary N) is 1. The van der Waals surface area contributed by atoms with Crippen molar-refractivity contribution < 1.29 is 18.3 Å². The quantitative estimate of drug-likeness (QED) is 0.517. The molecule has 0 spiro atoms. The van der Waals surface area contributed by atoms with Gasteiger partial charge in [0.15, 0.2) is 12.6 Å². The van der Waals surface area contributed by atoms with Gasteiger partial charge in [-0.1, -0.05) is 12.1 Å². The lowest BCUT2D eigenvalue weighted by Gasteiger charge is -2.13. The van der Waals surface area contributed by atoms with Crippen molar-refractivity contribution >= 4 is 11.9 Å². The minimum absolute atomic E-state index is 0.0883. The highest BCUT2D eigenvalue weighted by Crippen LogP contribution is 2.13. The van der Waals surface area contributed by atoms with Crippen molar-refractivity contribution in [3.8, 4) is 5.75 Å². The van der Waals surface area contributed by atoms with Gasteiger partial charge in [0.2, 0.25) is 0 Å². The standard InChI is InChI=1S/C18H20F2N4O2/c1-22-18(24-10-13-8-14(19)5-6-16(13)20)23-9-12-3-2-4-15(7-12)26-11-17(21)25/h2-8H,9-11H2,1H3,(H2,21,25)(H2,22,23,24). The van der Waals surface area contributed by atoms with E-state index in [1.54, 1.807) is 25.2 Å². The summed E-state index contributed by atoms with van der Waals surface area (Å²) in [7, 11) is 1.57. The van der Waals surface area contributed by atoms with Crippen molar-refractivity contribution in [3.05, 3.63) is 65.2 Å². The number of carbonyl (C=O) groups excluding carboxylic acids is 1. The Bertz CT molecular complexity index is 797. The molecule has 0 aliphatic rings. The summed E-state index contributed by atoms with van der Waals surface area (Å²) in [5.41, 5.74) is 6.13. The zero-order valence-electron chi connectivity index (χ0n) is 14.3. The summed E-state index contributed by atoms with van der Waals surface area (Å²) < 4.78 is 32.1. The Morgan fingerprint density at radius 3 is 2.65 bits per heavy atom. The molecule has 0 fully saturated rings. The first-order chi connectivity index (χ1) is 12.5. The van der Waals surface area contributed by atoms with Crippen LogP contribution in [0, 0.1) is 11.6 Å². The number of hydrogen-bond donors (Lipinski definition) is 3. The minimum Gasteiger partial charge on any atom is -0.484 e. The number of carbonyl (C=O) groups is 1. The maximum Gasteiger partial charge on any atom is 0.255 e. The Labute approximate surface area is 150 Å². The van der Waals surface area contributed by atoms with Crippen LogP contribution in [-0.4, -0.2) is 25.5 Å². The molecule has 1 amide bonds. The summed E-state index contributed by atoms with van der Waals surface area (Å²) in [6.45, 7) is 0.309. The molecule has 0 aliphatic carbocycles. The van der Waals surface area contributed by atoms with E-state index in [0.717, 1.165) is 23.8 Å². The smallest absolute Gasteiger partial charge is 0.255 e. The van der Waals surface area contributed by atoms with E-state index in [0.29, 0.717) is 18.3 Å². The van der Waals surface area contributed by atoms with Crippen molar-refractivity contribution in [2.75, 3.05) is 13.7 Å². The van der Waals surface area contributed by atoms with Crippen LogP contribution in [0.1, 0.15) is 11.1 Å². The number of nitrogens with one attached hydrogen (secondary N) is 2. The normalized spacial score (nSPS) is 11.1. The number of nitrogens with zero attached hydrogens (tertiary/aromatic N) is 1. The molecule has 2 rings (SSSR count). The summed E-state index contributed by atoms with van der Waals surface area (Å²) >= 11 is 0. The number of halogens is 2. The highest BCUT2D eigenvalue weighted by molar-refractivity contribution is 5.79. The third-order valence-electron chi connectivity index (χ3n) is 3.42. The van der Waals surface area contributed by atoms with Crippen LogP contribution in [0.15, 0.2) is 47.5 Å². The summed E-state index contributed by atoms with van der Waals surface area (Å²) in [6, 6.07) is 10.4. The van der Waals surface area contributed by atoms with Crippen LogP contribution in [0.4, 0.5) is 8.78 Å². The second-order valence-electron chi connectivity index (χ2n) is 5.42. The Hall–Kier alpha value is -3.16. The predicted octanol–water partition coefficient (Wildman–Crippen LogP) is 1.69. The molecule has 0 saturated carbocycles. The molecule has 0 radical (unpaired) electrons. The molecule has 0 unspecified atom stereocenters. The predicted molar refractivity (Wildman–Crippen MR) is 94.5 cm³/mol. The fraction of sp³-hybridized carbons (Fsp3) is 0.222. The topological polar surface area (TPSA) is 88.7 Å². The first-order valence-corrected chi connectivity index (χ1v) is 7.86. The number of aliphatic imine (C=N–C) groups is 1. The van der Waals surface area contributed by atoms with Gasteiger partial charge in [0.05, 0.1) is 0 Å². The largest absolute Gasteiger partial charge is 0.484 e. The fourth-order valence-corrected chi connectivity index (χ4v) is 2.16. The van der Waals surface area contributed by atoms with Crippen LogP contribution < -0.4 is 21.1 Å². The lowest BCUT2D eigenvalue weighted by atomic mass is 10.2. The lowest BCUT2D eigenvalue weighted by Crippen LogP contribution is -2.36. The first kappa shape index (κ1) is 19.2. The zero-order chi connectivity index (χ0) is 18.9. The van der Waals surface area contributed by atoms with Crippen LogP contribution in [-0.2, 0) is 17.9 Å². The Kier molecular flexibility index (Phi) is 6.90. The van der Waals surface area contributed by atoms with Gasteiger partial charge >= 0.3 is 0 Å². The molecular formula is C18H20F2N4O2. The van der Waals surface area contributed by atoms with Crippen molar-refractivity contribution in [2.45, 2.75) is 13.1 Å². The summed E-state index contributed by atoms with van der Waals surface area (Å²) in [5, 5.41) is 5.98. The SMILES string of the molecule is CN=C(NCc1cccc(OCC(N)=O)c1)NCc1cc(F)ccc1F. The molecule has 0 atom stereocenters. The summed E-state index contributed by atoms with van der Waals surface area (Å²) in [4.78, 5) is 14.8. The van der Waals surface area contributed by atoms with Crippen molar-refractivity contribution in [1.82, 2.24) is 10.6 Å². The first-order valence-electron chi connectivity index (χ1n) is 7.86. The monoisotopic (exact) mass is 362 g/mol. The molecule has 8 heteroatoms. The molecule has 0 saturated heterocycles. The Balaban J connectivity index is 1.89. The van der Waals surface area contributed by atoms with E-state index >= 15 is 0 Å². The van der Waals surface area contributed by atoms with Crippen molar-refractivity contribution in [2.24, 2.45) is 10.7 Å². The molecule has 0 aliphatic heterocycles. The van der Waals surface area contributed by atoms with E-state index in [-0.39, 0.29) is 18.7 Å². The van der Waals surface area contributed by atoms with Gasteiger partial charge in [0.1, 0.15) is 17.4 Å². The third-order valence-corrected chi connectivity index (χ3v) is 3.42. The Morgan fingerprint density at radius 2 is 1.92 bits per heavy atom. The maximum absolute atomic E-state index is 13.6. The van der Waals surface area contributed by atoms with Crippen LogP contribution in [0.3, 0.4) is 0 Å². The number of benzene rings is 2. The third kappa shape index (κ3) is 6.04. The van der Waals surface area contributed by atoms with E-state index in [9.17, 15) is 13.6 Å². The number of hydrogen-bond acceptors (Lipinski definition) is 3. The van der Waals surface area contributed by atoms with E-state index in [1.807, 2.05) is 6.07 Å². The highest BCUT2D eigenvalue weighted by Gasteiger charge is 2.06. The van der Waals surface area contributed by atoms with E-state index in [2.05, 4.69) is 15.6 Å². The van der Waals surface area contributed by atoms with Crippen LogP contribution in [0.5, 0.6) is 5.75 Å². The summed E-state index contributed by atoms with van der Waals surface area (Å²) in [6.07, 6.45) is 0. The summed E-state index contributed by atoms with van der Waals surface area (Å²) in [5.74, 6) is -0.597. The second kappa shape index (κ2) is 9.36. The van der Waals surface area contributed by atoms with Gasteiger partial charge < -0.3 is 21.1 Å². The lowest BCUT2D eigenvalue weighted by molar-refractivity contribution is -0.119. The van der Waals surface area contributed by atoms with Gasteiger partial charge in [-0.2, -0.15) is 0 Å². The molecule has 0 aromatic heterocycles. The van der Waals surface area contributed by atoms with Gasteiger partial charge in [-0.3, -0.25) is 9.79 Å². The van der Waals surface area contributed by atoms with E-state index in [1.165, 1.54) is 0 Å². The number of ether oxygens (including phenoxy) is 1. The van der Waals surface area contributed by atoms with E-state index < -0.39 is 17.5 Å². The molecule has 0 heterocycles. The van der Waals surface area contributed by atoms with E-state index in [4.69, 9.17) is 10.5 Å². The van der Waals surface area contributed by atoms with Gasteiger partial charge in [-0.25, -0.2) is 8.78 Å². The van der Waals surface area contributed by atoms with Gasteiger partial charge in [0.25, 0.3) is 5.91 Å². The van der Waals surface area contributed by atoms with Gasteiger partial charge in [-0.05, 0) is 35.9 Å². The van der Waals surface area contributed by atoms with Crippen LogP contribution >= 0.6 is 0 Å². The zero-order valence-corrected chi connectivity index (χ0v) is 14.3.